The summed E-state index contributed by atoms with van der Waals surface area (Å²) in [5.41, 5.74) is 1.44. The number of aromatic nitrogens is 2. The summed E-state index contributed by atoms with van der Waals surface area (Å²) >= 11 is 11.1. The zero-order valence-electron chi connectivity index (χ0n) is 12.3. The number of hydrogen-bond acceptors (Lipinski definition) is 5. The van der Waals surface area contributed by atoms with Crippen LogP contribution in [0.5, 0.6) is 0 Å². The number of nitrogens with zero attached hydrogens (tertiary/aromatic N) is 3. The highest BCUT2D eigenvalue weighted by Crippen LogP contribution is 2.31. The zero-order valence-corrected chi connectivity index (χ0v) is 15.4. The summed E-state index contributed by atoms with van der Waals surface area (Å²) in [4.78, 5) is 18.7. The summed E-state index contributed by atoms with van der Waals surface area (Å²) in [6.07, 6.45) is 0. The van der Waals surface area contributed by atoms with Crippen molar-refractivity contribution in [2.45, 2.75) is 5.92 Å². The topological polar surface area (TPSA) is 59.2 Å². The third-order valence-corrected chi connectivity index (χ3v) is 5.40. The van der Waals surface area contributed by atoms with Crippen molar-refractivity contribution < 1.29 is 9.32 Å². The van der Waals surface area contributed by atoms with Gasteiger partial charge in [-0.3, -0.25) is 4.79 Å². The maximum atomic E-state index is 12.5. The second-order valence-electron chi connectivity index (χ2n) is 5.50. The van der Waals surface area contributed by atoms with Crippen LogP contribution in [0, 0.1) is 0 Å². The van der Waals surface area contributed by atoms with Crippen molar-refractivity contribution in [3.8, 4) is 11.4 Å². The molecule has 0 aliphatic carbocycles. The third-order valence-electron chi connectivity index (χ3n) is 3.90. The fourth-order valence-corrected chi connectivity index (χ4v) is 3.74. The van der Waals surface area contributed by atoms with Crippen LogP contribution in [0.3, 0.4) is 0 Å². The van der Waals surface area contributed by atoms with Gasteiger partial charge in [0, 0.05) is 28.5 Å². The quantitative estimate of drug-likeness (QED) is 0.623. The van der Waals surface area contributed by atoms with Crippen LogP contribution in [0.25, 0.3) is 11.4 Å². The van der Waals surface area contributed by atoms with Gasteiger partial charge in [-0.05, 0) is 29.6 Å². The molecule has 0 N–H and O–H groups in total. The minimum Gasteiger partial charge on any atom is -0.339 e. The van der Waals surface area contributed by atoms with E-state index in [1.807, 2.05) is 22.9 Å². The molecule has 2 aromatic heterocycles. The average molecular weight is 425 g/mol. The number of halogens is 2. The fourth-order valence-electron chi connectivity index (χ4n) is 2.54. The molecule has 0 unspecified atom stereocenters. The molecule has 5 nitrogen and oxygen atoms in total. The first-order chi connectivity index (χ1) is 11.6. The molecule has 24 heavy (non-hydrogen) atoms. The Morgan fingerprint density at radius 2 is 2.21 bits per heavy atom. The second kappa shape index (κ2) is 6.31. The standard InChI is InChI=1S/C16H11BrClN3O2S/c17-11-1-2-13(18)12(5-11)16(22)21-6-10(7-21)15-19-14(20-23-15)9-3-4-24-8-9/h1-5,8,10H,6-7H2. The Bertz CT molecular complexity index is 891. The van der Waals surface area contributed by atoms with Crippen LogP contribution < -0.4 is 0 Å². The van der Waals surface area contributed by atoms with Gasteiger partial charge in [0.25, 0.3) is 5.91 Å². The molecule has 1 amide bonds. The van der Waals surface area contributed by atoms with E-state index in [0.717, 1.165) is 10.0 Å². The van der Waals surface area contributed by atoms with Crippen LogP contribution >= 0.6 is 38.9 Å². The van der Waals surface area contributed by atoms with Gasteiger partial charge in [0.15, 0.2) is 0 Å². The van der Waals surface area contributed by atoms with E-state index < -0.39 is 0 Å². The summed E-state index contributed by atoms with van der Waals surface area (Å²) in [5.74, 6) is 1.14. The Morgan fingerprint density at radius 1 is 1.38 bits per heavy atom. The molecule has 3 heterocycles. The molecule has 3 aromatic rings. The third kappa shape index (κ3) is 2.87. The normalized spacial score (nSPS) is 14.7. The molecule has 1 aliphatic rings. The second-order valence-corrected chi connectivity index (χ2v) is 7.60. The van der Waals surface area contributed by atoms with Crippen LogP contribution in [0.15, 0.2) is 44.0 Å². The van der Waals surface area contributed by atoms with Gasteiger partial charge in [-0.2, -0.15) is 16.3 Å². The predicted octanol–water partition coefficient (Wildman–Crippen LogP) is 4.45. The number of likely N-dealkylation sites (tertiary alicyclic amines) is 1. The molecule has 0 spiro atoms. The Morgan fingerprint density at radius 3 is 2.96 bits per heavy atom. The van der Waals surface area contributed by atoms with Gasteiger partial charge in [0.1, 0.15) is 0 Å². The molecular formula is C16H11BrClN3O2S. The monoisotopic (exact) mass is 423 g/mol. The van der Waals surface area contributed by atoms with Gasteiger partial charge >= 0.3 is 0 Å². The number of thiophene rings is 1. The summed E-state index contributed by atoms with van der Waals surface area (Å²) in [5, 5.41) is 8.40. The highest BCUT2D eigenvalue weighted by atomic mass is 79.9. The Kier molecular flexibility index (Phi) is 4.15. The first-order valence-corrected chi connectivity index (χ1v) is 9.33. The summed E-state index contributed by atoms with van der Waals surface area (Å²) in [6.45, 7) is 1.10. The number of carbonyl (C=O) groups is 1. The van der Waals surface area contributed by atoms with Crippen molar-refractivity contribution in [3.63, 3.8) is 0 Å². The Labute approximate surface area is 155 Å². The van der Waals surface area contributed by atoms with Crippen LogP contribution in [0.1, 0.15) is 22.2 Å². The van der Waals surface area contributed by atoms with Gasteiger partial charge in [0.2, 0.25) is 11.7 Å². The maximum Gasteiger partial charge on any atom is 0.255 e. The van der Waals surface area contributed by atoms with E-state index in [4.69, 9.17) is 16.1 Å². The molecule has 0 saturated carbocycles. The van der Waals surface area contributed by atoms with Crippen LogP contribution in [0.4, 0.5) is 0 Å². The molecule has 0 bridgehead atoms. The molecule has 0 radical (unpaired) electrons. The van der Waals surface area contributed by atoms with Gasteiger partial charge in [-0.1, -0.05) is 32.7 Å². The van der Waals surface area contributed by atoms with E-state index >= 15 is 0 Å². The van der Waals surface area contributed by atoms with Gasteiger partial charge in [-0.15, -0.1) is 0 Å². The molecule has 1 saturated heterocycles. The SMILES string of the molecule is O=C(c1cc(Br)ccc1Cl)N1CC(c2nc(-c3ccsc3)no2)C1. The lowest BCUT2D eigenvalue weighted by molar-refractivity contribution is 0.0569. The molecule has 0 atom stereocenters. The van der Waals surface area contributed by atoms with Crippen molar-refractivity contribution in [1.82, 2.24) is 15.0 Å². The van der Waals surface area contributed by atoms with Crippen molar-refractivity contribution in [2.75, 3.05) is 13.1 Å². The van der Waals surface area contributed by atoms with E-state index in [9.17, 15) is 4.79 Å². The van der Waals surface area contributed by atoms with E-state index in [2.05, 4.69) is 26.1 Å². The molecular weight excluding hydrogens is 414 g/mol. The van der Waals surface area contributed by atoms with Crippen LogP contribution in [-0.4, -0.2) is 34.0 Å². The first kappa shape index (κ1) is 15.8. The molecule has 8 heteroatoms. The van der Waals surface area contributed by atoms with E-state index in [1.54, 1.807) is 28.4 Å². The van der Waals surface area contributed by atoms with E-state index in [-0.39, 0.29) is 11.8 Å². The lowest BCUT2D eigenvalue weighted by atomic mass is 9.98. The van der Waals surface area contributed by atoms with E-state index in [1.165, 1.54) is 0 Å². The van der Waals surface area contributed by atoms with Gasteiger partial charge in [-0.25, -0.2) is 0 Å². The first-order valence-electron chi connectivity index (χ1n) is 7.22. The minimum atomic E-state index is -0.0878. The molecule has 1 aliphatic heterocycles. The molecule has 1 aromatic carbocycles. The number of hydrogen-bond donors (Lipinski definition) is 0. The lowest BCUT2D eigenvalue weighted by Gasteiger charge is -2.37. The van der Waals surface area contributed by atoms with Crippen molar-refractivity contribution in [2.24, 2.45) is 0 Å². The van der Waals surface area contributed by atoms with Crippen molar-refractivity contribution in [3.05, 3.63) is 56.0 Å². The number of carbonyl (C=O) groups excluding carboxylic acids is 1. The van der Waals surface area contributed by atoms with Gasteiger partial charge < -0.3 is 9.42 Å². The lowest BCUT2D eigenvalue weighted by Crippen LogP contribution is -2.48. The van der Waals surface area contributed by atoms with Crippen molar-refractivity contribution >= 4 is 44.8 Å². The summed E-state index contributed by atoms with van der Waals surface area (Å²) in [6, 6.07) is 7.20. The van der Waals surface area contributed by atoms with Gasteiger partial charge in [0.05, 0.1) is 16.5 Å². The highest BCUT2D eigenvalue weighted by molar-refractivity contribution is 9.10. The minimum absolute atomic E-state index is 0.0692. The van der Waals surface area contributed by atoms with Crippen LogP contribution in [0.2, 0.25) is 5.02 Å². The smallest absolute Gasteiger partial charge is 0.255 e. The van der Waals surface area contributed by atoms with Crippen molar-refractivity contribution in [1.29, 1.82) is 0 Å². The summed E-state index contributed by atoms with van der Waals surface area (Å²) < 4.78 is 6.16. The molecule has 1 fully saturated rings. The number of benzene rings is 1. The van der Waals surface area contributed by atoms with Crippen LogP contribution in [-0.2, 0) is 0 Å². The largest absolute Gasteiger partial charge is 0.339 e. The molecule has 122 valence electrons. The average Bonchev–Trinajstić information content (AvgIpc) is 3.18. The zero-order chi connectivity index (χ0) is 16.7. The maximum absolute atomic E-state index is 12.5. The van der Waals surface area contributed by atoms with E-state index in [0.29, 0.717) is 35.4 Å². The molecule has 4 rings (SSSR count). The Hall–Kier alpha value is -1.70. The predicted molar refractivity (Wildman–Crippen MR) is 95.4 cm³/mol. The summed E-state index contributed by atoms with van der Waals surface area (Å²) in [7, 11) is 0. The Balaban J connectivity index is 1.45. The highest BCUT2D eigenvalue weighted by Gasteiger charge is 2.36. The fraction of sp³-hybridized carbons (Fsp3) is 0.188. The number of rotatable bonds is 3. The number of amides is 1.